The molecule has 256 valence electrons. The van der Waals surface area contributed by atoms with E-state index in [-0.39, 0.29) is 46.5 Å². The van der Waals surface area contributed by atoms with Crippen LogP contribution in [0.5, 0.6) is 0 Å². The maximum atomic E-state index is 13.2. The summed E-state index contributed by atoms with van der Waals surface area (Å²) in [6, 6.07) is 0. The number of rotatable bonds is 5. The van der Waals surface area contributed by atoms with Crippen LogP contribution in [-0.2, 0) is 19.1 Å². The highest BCUT2D eigenvalue weighted by Gasteiger charge is 2.71. The number of allylic oxidation sites excluding steroid dienone is 1. The number of fused-ring (bicyclic) bond motifs is 7. The fourth-order valence-electron chi connectivity index (χ4n) is 12.2. The lowest BCUT2D eigenvalue weighted by Crippen LogP contribution is -2.67. The van der Waals surface area contributed by atoms with Gasteiger partial charge in [0, 0.05) is 16.2 Å². The molecule has 0 aromatic rings. The molecular formula is C34H47BrF6O4. The van der Waals surface area contributed by atoms with Gasteiger partial charge in [-0.2, -0.15) is 26.3 Å². The second-order valence-electron chi connectivity index (χ2n) is 16.3. The zero-order valence-electron chi connectivity index (χ0n) is 26.9. The molecule has 0 heterocycles. The van der Waals surface area contributed by atoms with Crippen LogP contribution >= 0.6 is 15.9 Å². The lowest BCUT2D eigenvalue weighted by Gasteiger charge is -2.73. The molecule has 0 bridgehead atoms. The first kappa shape index (κ1) is 35.1. The molecule has 0 aromatic carbocycles. The number of hydrogen-bond acceptors (Lipinski definition) is 4. The summed E-state index contributed by atoms with van der Waals surface area (Å²) in [5.74, 6) is -3.54. The summed E-state index contributed by atoms with van der Waals surface area (Å²) in [5.41, 5.74) is -0.550. The van der Waals surface area contributed by atoms with Gasteiger partial charge in [-0.25, -0.2) is 9.59 Å². The molecule has 10 atom stereocenters. The van der Waals surface area contributed by atoms with E-state index in [0.717, 1.165) is 44.1 Å². The van der Waals surface area contributed by atoms with Gasteiger partial charge < -0.3 is 9.47 Å². The van der Waals surface area contributed by atoms with E-state index in [1.807, 2.05) is 13.8 Å². The van der Waals surface area contributed by atoms with E-state index in [4.69, 9.17) is 9.47 Å². The average Bonchev–Trinajstić information content (AvgIpc) is 3.32. The SMILES string of the molecule is C=C(CBr)[C@@H]1CC[C@]2(COC(=O)C(F)(F)F)CC[C@]3(C)[C@H](CC[C@@H]4[C@@]5(C)CCC(OC(=O)C(F)(F)F)C(C)(C)[C@@H]5CC[C@]43C)[C@@H]12. The van der Waals surface area contributed by atoms with Crippen molar-refractivity contribution < 1.29 is 45.4 Å². The van der Waals surface area contributed by atoms with Crippen molar-refractivity contribution in [3.05, 3.63) is 12.2 Å². The third-order valence-electron chi connectivity index (χ3n) is 14.4. The first-order valence-corrected chi connectivity index (χ1v) is 17.5. The summed E-state index contributed by atoms with van der Waals surface area (Å²) in [6.45, 7) is 15.1. The third kappa shape index (κ3) is 5.30. The van der Waals surface area contributed by atoms with Gasteiger partial charge in [0.15, 0.2) is 0 Å². The van der Waals surface area contributed by atoms with Gasteiger partial charge in [-0.3, -0.25) is 0 Å². The summed E-state index contributed by atoms with van der Waals surface area (Å²) in [4.78, 5) is 23.7. The van der Waals surface area contributed by atoms with Crippen molar-refractivity contribution in [2.75, 3.05) is 11.9 Å². The van der Waals surface area contributed by atoms with Crippen LogP contribution in [0.2, 0.25) is 0 Å². The number of hydrogen-bond donors (Lipinski definition) is 0. The van der Waals surface area contributed by atoms with Gasteiger partial charge in [-0.1, -0.05) is 62.7 Å². The Morgan fingerprint density at radius 1 is 0.778 bits per heavy atom. The fraction of sp³-hybridized carbons (Fsp3) is 0.882. The lowest BCUT2D eigenvalue weighted by atomic mass is 9.32. The van der Waals surface area contributed by atoms with Crippen LogP contribution in [0.4, 0.5) is 26.3 Å². The molecular weight excluding hydrogens is 666 g/mol. The number of carbonyl (C=O) groups is 2. The molecule has 5 rings (SSSR count). The quantitative estimate of drug-likeness (QED) is 0.123. The van der Waals surface area contributed by atoms with Crippen LogP contribution in [0.15, 0.2) is 12.2 Å². The predicted molar refractivity (Wildman–Crippen MR) is 160 cm³/mol. The first-order chi connectivity index (χ1) is 20.6. The lowest BCUT2D eigenvalue weighted by molar-refractivity contribution is -0.258. The highest BCUT2D eigenvalue weighted by Crippen LogP contribution is 2.77. The van der Waals surface area contributed by atoms with Gasteiger partial charge in [-0.15, -0.1) is 0 Å². The highest BCUT2D eigenvalue weighted by atomic mass is 79.9. The van der Waals surface area contributed by atoms with E-state index in [0.29, 0.717) is 36.9 Å². The van der Waals surface area contributed by atoms with Crippen LogP contribution in [0.25, 0.3) is 0 Å². The van der Waals surface area contributed by atoms with Gasteiger partial charge in [0.05, 0.1) is 6.61 Å². The van der Waals surface area contributed by atoms with E-state index in [9.17, 15) is 35.9 Å². The van der Waals surface area contributed by atoms with E-state index in [1.165, 1.54) is 0 Å². The number of halogens is 7. The minimum atomic E-state index is -5.04. The van der Waals surface area contributed by atoms with Gasteiger partial charge >= 0.3 is 24.3 Å². The van der Waals surface area contributed by atoms with Crippen molar-refractivity contribution in [2.24, 2.45) is 56.7 Å². The molecule has 0 N–H and O–H groups in total. The van der Waals surface area contributed by atoms with Crippen molar-refractivity contribution in [1.82, 2.24) is 0 Å². The number of esters is 2. The van der Waals surface area contributed by atoms with E-state index >= 15 is 0 Å². The normalized spacial score (nSPS) is 44.1. The van der Waals surface area contributed by atoms with Gasteiger partial charge in [-0.05, 0) is 110 Å². The molecule has 11 heteroatoms. The zero-order valence-corrected chi connectivity index (χ0v) is 28.5. The van der Waals surface area contributed by atoms with E-state index < -0.39 is 41.2 Å². The molecule has 0 spiro atoms. The Bertz CT molecular complexity index is 1220. The van der Waals surface area contributed by atoms with Crippen LogP contribution in [0, 0.1) is 56.7 Å². The molecule has 0 amide bonds. The number of ether oxygens (including phenoxy) is 2. The number of carbonyl (C=O) groups excluding carboxylic acids is 2. The molecule has 5 aliphatic rings. The first-order valence-electron chi connectivity index (χ1n) is 16.3. The van der Waals surface area contributed by atoms with Crippen molar-refractivity contribution in [3.8, 4) is 0 Å². The van der Waals surface area contributed by atoms with E-state index in [1.54, 1.807) is 0 Å². The van der Waals surface area contributed by atoms with Crippen molar-refractivity contribution >= 4 is 27.9 Å². The van der Waals surface area contributed by atoms with Gasteiger partial charge in [0.25, 0.3) is 0 Å². The van der Waals surface area contributed by atoms with Crippen molar-refractivity contribution in [1.29, 1.82) is 0 Å². The Hall–Kier alpha value is -1.26. The predicted octanol–water partition coefficient (Wildman–Crippen LogP) is 9.60. The Balaban J connectivity index is 1.45. The maximum Gasteiger partial charge on any atom is 0.490 e. The molecule has 5 saturated carbocycles. The molecule has 45 heavy (non-hydrogen) atoms. The van der Waals surface area contributed by atoms with Gasteiger partial charge in [0.2, 0.25) is 0 Å². The summed E-state index contributed by atoms with van der Waals surface area (Å²) in [6.07, 6.45) is -3.39. The maximum absolute atomic E-state index is 13.2. The zero-order chi connectivity index (χ0) is 33.6. The largest absolute Gasteiger partial charge is 0.490 e. The standard InChI is InChI=1S/C34H47BrF6O4/c1-19(17-35)20-9-14-32(18-44-26(42)33(36,37)38)16-15-30(5)21(25(20)32)7-8-23-29(4)12-11-24(45-27(43)34(39,40)41)28(2,3)22(29)10-13-31(23,30)6/h20-25H,1,7-18H2,2-6H3/t20-,21+,22-,23+,24?,25+,29-,30+,31+,32+/m0/s1. The third-order valence-corrected chi connectivity index (χ3v) is 15.2. The monoisotopic (exact) mass is 712 g/mol. The molecule has 0 radical (unpaired) electrons. The highest BCUT2D eigenvalue weighted by molar-refractivity contribution is 9.09. The fourth-order valence-corrected chi connectivity index (χ4v) is 12.6. The molecule has 4 nitrogen and oxygen atoms in total. The van der Waals surface area contributed by atoms with E-state index in [2.05, 4.69) is 43.3 Å². The smallest absolute Gasteiger partial charge is 0.458 e. The van der Waals surface area contributed by atoms with Crippen LogP contribution in [0.3, 0.4) is 0 Å². The summed E-state index contributed by atoms with van der Waals surface area (Å²) in [5, 5.41) is 0.602. The molecule has 5 aliphatic carbocycles. The summed E-state index contributed by atoms with van der Waals surface area (Å²) in [7, 11) is 0. The van der Waals surface area contributed by atoms with Gasteiger partial charge in [0.1, 0.15) is 6.10 Å². The minimum Gasteiger partial charge on any atom is -0.458 e. The molecule has 5 fully saturated rings. The molecule has 1 unspecified atom stereocenters. The number of alkyl halides is 7. The van der Waals surface area contributed by atoms with Crippen LogP contribution in [-0.4, -0.2) is 42.3 Å². The van der Waals surface area contributed by atoms with Crippen molar-refractivity contribution in [3.63, 3.8) is 0 Å². The second-order valence-corrected chi connectivity index (χ2v) is 16.9. The molecule has 0 saturated heterocycles. The topological polar surface area (TPSA) is 52.6 Å². The van der Waals surface area contributed by atoms with Crippen molar-refractivity contribution in [2.45, 2.75) is 117 Å². The molecule has 0 aliphatic heterocycles. The Morgan fingerprint density at radius 2 is 1.42 bits per heavy atom. The van der Waals surface area contributed by atoms with Crippen LogP contribution in [0.1, 0.15) is 98.8 Å². The van der Waals surface area contributed by atoms with Crippen LogP contribution < -0.4 is 0 Å². The Morgan fingerprint density at radius 3 is 2.02 bits per heavy atom. The minimum absolute atomic E-state index is 0.0413. The average molecular weight is 714 g/mol. The summed E-state index contributed by atoms with van der Waals surface area (Å²) >= 11 is 3.57. The Kier molecular flexibility index (Phi) is 8.68. The Labute approximate surface area is 270 Å². The molecule has 0 aromatic heterocycles. The second kappa shape index (κ2) is 11.1. The summed E-state index contributed by atoms with van der Waals surface area (Å²) < 4.78 is 89.0.